The third-order valence-electron chi connectivity index (χ3n) is 2.31. The molecular formula is C10H7BrN2O4. The first kappa shape index (κ1) is 11.7. The second-order valence-corrected chi connectivity index (χ2v) is 4.44. The van der Waals surface area contributed by atoms with Gasteiger partial charge >= 0.3 is 5.97 Å². The van der Waals surface area contributed by atoms with E-state index in [0.29, 0.717) is 4.47 Å². The van der Waals surface area contributed by atoms with Crippen LogP contribution in [-0.2, 0) is 9.59 Å². The minimum Gasteiger partial charge on any atom is -0.476 e. The van der Waals surface area contributed by atoms with Crippen molar-refractivity contribution in [2.24, 2.45) is 0 Å². The van der Waals surface area contributed by atoms with Gasteiger partial charge in [0.1, 0.15) is 0 Å². The van der Waals surface area contributed by atoms with Crippen molar-refractivity contribution in [2.75, 3.05) is 11.4 Å². The maximum Gasteiger partial charge on any atom is 0.356 e. The van der Waals surface area contributed by atoms with Gasteiger partial charge in [0.15, 0.2) is 11.5 Å². The quantitative estimate of drug-likeness (QED) is 0.818. The van der Waals surface area contributed by atoms with Gasteiger partial charge in [-0.15, -0.1) is 0 Å². The Morgan fingerprint density at radius 1 is 1.47 bits per heavy atom. The fraction of sp³-hybridized carbons (Fsp3) is 0.200. The highest BCUT2D eigenvalue weighted by atomic mass is 79.9. The van der Waals surface area contributed by atoms with Crippen molar-refractivity contribution in [3.63, 3.8) is 0 Å². The van der Waals surface area contributed by atoms with E-state index in [9.17, 15) is 14.4 Å². The number of hydrogen-bond acceptors (Lipinski definition) is 4. The molecule has 1 N–H and O–H groups in total. The molecule has 88 valence electrons. The van der Waals surface area contributed by atoms with Crippen LogP contribution in [0, 0.1) is 0 Å². The van der Waals surface area contributed by atoms with Crippen LogP contribution < -0.4 is 4.90 Å². The fourth-order valence-corrected chi connectivity index (χ4v) is 1.92. The number of rotatable bonds is 2. The summed E-state index contributed by atoms with van der Waals surface area (Å²) in [5.74, 6) is -1.87. The summed E-state index contributed by atoms with van der Waals surface area (Å²) >= 11 is 3.15. The van der Waals surface area contributed by atoms with Gasteiger partial charge in [-0.2, -0.15) is 0 Å². The van der Waals surface area contributed by atoms with Gasteiger partial charge in [0.25, 0.3) is 0 Å². The van der Waals surface area contributed by atoms with E-state index in [1.54, 1.807) is 0 Å². The van der Waals surface area contributed by atoms with Gasteiger partial charge in [-0.05, 0) is 22.0 Å². The Kier molecular flexibility index (Phi) is 2.93. The smallest absolute Gasteiger partial charge is 0.356 e. The number of hydrogen-bond donors (Lipinski definition) is 1. The van der Waals surface area contributed by atoms with Crippen LogP contribution in [0.4, 0.5) is 5.69 Å². The number of carboxylic acids is 1. The summed E-state index contributed by atoms with van der Waals surface area (Å²) in [6.45, 7) is -0.1000. The minimum absolute atomic E-state index is 0.1000. The average molecular weight is 299 g/mol. The lowest BCUT2D eigenvalue weighted by Crippen LogP contribution is -2.27. The van der Waals surface area contributed by atoms with Crippen molar-refractivity contribution in [3.8, 4) is 0 Å². The minimum atomic E-state index is -1.24. The molecule has 7 heteroatoms. The van der Waals surface area contributed by atoms with E-state index in [-0.39, 0.29) is 30.1 Å². The van der Waals surface area contributed by atoms with Crippen molar-refractivity contribution in [3.05, 3.63) is 22.4 Å². The number of carbonyl (C=O) groups is 3. The molecule has 0 atom stereocenters. The number of nitrogens with zero attached hydrogens (tertiary/aromatic N) is 2. The zero-order chi connectivity index (χ0) is 12.6. The first-order valence-corrected chi connectivity index (χ1v) is 5.49. The molecule has 1 aliphatic rings. The molecule has 1 saturated heterocycles. The monoisotopic (exact) mass is 298 g/mol. The highest BCUT2D eigenvalue weighted by Gasteiger charge is 2.31. The molecule has 0 bridgehead atoms. The first-order valence-electron chi connectivity index (χ1n) is 4.70. The highest BCUT2D eigenvalue weighted by Crippen LogP contribution is 2.26. The number of pyridine rings is 1. The van der Waals surface area contributed by atoms with Crippen LogP contribution >= 0.6 is 15.9 Å². The van der Waals surface area contributed by atoms with E-state index in [1.165, 1.54) is 12.3 Å². The second kappa shape index (κ2) is 4.25. The largest absolute Gasteiger partial charge is 0.476 e. The standard InChI is InChI=1S/C10H7BrN2O4/c11-5-1-7(9(10(16)17)12-3-5)13-4-6(14)2-8(13)15/h1,3H,2,4H2,(H,16,17). The van der Waals surface area contributed by atoms with Gasteiger partial charge in [-0.1, -0.05) is 0 Å². The van der Waals surface area contributed by atoms with E-state index in [1.807, 2.05) is 0 Å². The SMILES string of the molecule is O=C1CC(=O)N(c2cc(Br)cnc2C(=O)O)C1. The van der Waals surface area contributed by atoms with Gasteiger partial charge in [0, 0.05) is 10.7 Å². The van der Waals surface area contributed by atoms with Crippen LogP contribution in [0.25, 0.3) is 0 Å². The lowest BCUT2D eigenvalue weighted by atomic mass is 10.2. The van der Waals surface area contributed by atoms with Crippen molar-refractivity contribution < 1.29 is 19.5 Å². The molecule has 2 rings (SSSR count). The molecule has 17 heavy (non-hydrogen) atoms. The maximum absolute atomic E-state index is 11.5. The summed E-state index contributed by atoms with van der Waals surface area (Å²) in [6.07, 6.45) is 1.14. The van der Waals surface area contributed by atoms with Crippen LogP contribution in [0.15, 0.2) is 16.7 Å². The van der Waals surface area contributed by atoms with Gasteiger partial charge in [0.05, 0.1) is 18.7 Å². The third kappa shape index (κ3) is 2.19. The lowest BCUT2D eigenvalue weighted by Gasteiger charge is -2.16. The zero-order valence-corrected chi connectivity index (χ0v) is 10.1. The molecule has 6 nitrogen and oxygen atoms in total. The number of carbonyl (C=O) groups excluding carboxylic acids is 2. The predicted molar refractivity (Wildman–Crippen MR) is 60.9 cm³/mol. The van der Waals surface area contributed by atoms with Gasteiger partial charge in [-0.25, -0.2) is 9.78 Å². The van der Waals surface area contributed by atoms with Crippen LogP contribution in [0.3, 0.4) is 0 Å². The van der Waals surface area contributed by atoms with Crippen molar-refractivity contribution in [2.45, 2.75) is 6.42 Å². The summed E-state index contributed by atoms with van der Waals surface area (Å²) in [5, 5.41) is 8.97. The number of halogens is 1. The molecule has 1 amide bonds. The second-order valence-electron chi connectivity index (χ2n) is 3.52. The summed E-state index contributed by atoms with van der Waals surface area (Å²) in [6, 6.07) is 1.47. The van der Waals surface area contributed by atoms with Crippen LogP contribution in [0.1, 0.15) is 16.9 Å². The van der Waals surface area contributed by atoms with E-state index < -0.39 is 11.9 Å². The molecule has 0 radical (unpaired) electrons. The molecule has 1 aromatic heterocycles. The van der Waals surface area contributed by atoms with E-state index in [0.717, 1.165) is 4.90 Å². The molecular weight excluding hydrogens is 292 g/mol. The number of aromatic carboxylic acids is 1. The van der Waals surface area contributed by atoms with Crippen LogP contribution in [0.2, 0.25) is 0 Å². The highest BCUT2D eigenvalue weighted by molar-refractivity contribution is 9.10. The number of amides is 1. The topological polar surface area (TPSA) is 87.6 Å². The molecule has 2 heterocycles. The van der Waals surface area contributed by atoms with Crippen molar-refractivity contribution in [1.82, 2.24) is 4.98 Å². The number of aromatic nitrogens is 1. The fourth-order valence-electron chi connectivity index (χ4n) is 1.60. The molecule has 0 aromatic carbocycles. The number of ketones is 1. The maximum atomic E-state index is 11.5. The zero-order valence-electron chi connectivity index (χ0n) is 8.51. The summed E-state index contributed by atoms with van der Waals surface area (Å²) < 4.78 is 0.546. The molecule has 0 saturated carbocycles. The Morgan fingerprint density at radius 3 is 2.71 bits per heavy atom. The van der Waals surface area contributed by atoms with Gasteiger partial charge in [0.2, 0.25) is 5.91 Å². The summed E-state index contributed by atoms with van der Waals surface area (Å²) in [5.41, 5.74) is -0.0982. The Morgan fingerprint density at radius 2 is 2.18 bits per heavy atom. The van der Waals surface area contributed by atoms with E-state index in [4.69, 9.17) is 5.11 Å². The Bertz CT molecular complexity index is 529. The number of carboxylic acid groups (broad SMARTS) is 1. The van der Waals surface area contributed by atoms with E-state index >= 15 is 0 Å². The summed E-state index contributed by atoms with van der Waals surface area (Å²) in [7, 11) is 0. The lowest BCUT2D eigenvalue weighted by molar-refractivity contribution is -0.121. The first-order chi connectivity index (χ1) is 7.99. The van der Waals surface area contributed by atoms with Crippen LogP contribution in [0.5, 0.6) is 0 Å². The third-order valence-corrected chi connectivity index (χ3v) is 2.75. The summed E-state index contributed by atoms with van der Waals surface area (Å²) in [4.78, 5) is 38.6. The van der Waals surface area contributed by atoms with Gasteiger partial charge in [-0.3, -0.25) is 9.59 Å². The van der Waals surface area contributed by atoms with Crippen molar-refractivity contribution >= 4 is 39.3 Å². The number of anilines is 1. The van der Waals surface area contributed by atoms with Crippen LogP contribution in [-0.4, -0.2) is 34.3 Å². The van der Waals surface area contributed by atoms with Gasteiger partial charge < -0.3 is 10.0 Å². The molecule has 1 aromatic rings. The Balaban J connectivity index is 2.50. The molecule has 1 aliphatic heterocycles. The molecule has 0 unspecified atom stereocenters. The van der Waals surface area contributed by atoms with E-state index in [2.05, 4.69) is 20.9 Å². The Labute approximate surface area is 104 Å². The van der Waals surface area contributed by atoms with Crippen molar-refractivity contribution in [1.29, 1.82) is 0 Å². The Hall–Kier alpha value is -1.76. The molecule has 1 fully saturated rings. The molecule has 0 aliphatic carbocycles. The predicted octanol–water partition coefficient (Wildman–Crippen LogP) is 0.848. The molecule has 0 spiro atoms. The number of Topliss-reactive ketones (excluding diaryl/α,β-unsaturated/α-hetero) is 1. The average Bonchev–Trinajstić information content (AvgIpc) is 2.57. The normalized spacial score (nSPS) is 15.5.